The highest BCUT2D eigenvalue weighted by atomic mass is 32.2. The van der Waals surface area contributed by atoms with Gasteiger partial charge in [0.2, 0.25) is 10.0 Å². The summed E-state index contributed by atoms with van der Waals surface area (Å²) in [5, 5.41) is 12.1. The predicted molar refractivity (Wildman–Crippen MR) is 133 cm³/mol. The molecule has 1 amide bonds. The van der Waals surface area contributed by atoms with Gasteiger partial charge >= 0.3 is 0 Å². The number of nitrogens with zero attached hydrogens (tertiary/aromatic N) is 3. The van der Waals surface area contributed by atoms with Crippen molar-refractivity contribution in [2.75, 3.05) is 38.6 Å². The van der Waals surface area contributed by atoms with Crippen molar-refractivity contribution in [3.8, 4) is 11.8 Å². The number of carbonyl (C=O) groups is 1. The van der Waals surface area contributed by atoms with E-state index in [1.165, 1.54) is 16.4 Å². The molecule has 1 heterocycles. The molecule has 1 aliphatic heterocycles. The summed E-state index contributed by atoms with van der Waals surface area (Å²) in [5.74, 6) is 0.524. The van der Waals surface area contributed by atoms with Gasteiger partial charge in [-0.2, -0.15) is 9.57 Å². The number of rotatable bonds is 7. The molecule has 1 fully saturated rings. The van der Waals surface area contributed by atoms with Crippen LogP contribution in [0.15, 0.2) is 77.7 Å². The number of hydrogen-bond acceptors (Lipinski definition) is 6. The average Bonchev–Trinajstić information content (AvgIpc) is 2.90. The first-order valence-corrected chi connectivity index (χ1v) is 12.6. The Kier molecular flexibility index (Phi) is 7.46. The number of carbonyl (C=O) groups excluding carboxylic acids is 1. The number of piperazine rings is 1. The summed E-state index contributed by atoms with van der Waals surface area (Å²) in [4.78, 5) is 14.8. The maximum Gasteiger partial charge on any atom is 0.255 e. The van der Waals surface area contributed by atoms with E-state index in [2.05, 4.69) is 10.2 Å². The lowest BCUT2D eigenvalue weighted by Crippen LogP contribution is -2.48. The Labute approximate surface area is 205 Å². The normalized spacial score (nSPS) is 14.7. The summed E-state index contributed by atoms with van der Waals surface area (Å²) in [6.07, 6.45) is 0. The smallest absolute Gasteiger partial charge is 0.255 e. The van der Waals surface area contributed by atoms with Crippen LogP contribution in [-0.4, -0.2) is 56.8 Å². The quantitative estimate of drug-likeness (QED) is 0.545. The van der Waals surface area contributed by atoms with Crippen molar-refractivity contribution >= 4 is 21.6 Å². The van der Waals surface area contributed by atoms with Crippen molar-refractivity contribution in [1.29, 1.82) is 5.26 Å². The molecule has 3 aromatic rings. The largest absolute Gasteiger partial charge is 0.497 e. The van der Waals surface area contributed by atoms with E-state index in [1.54, 1.807) is 55.6 Å². The van der Waals surface area contributed by atoms with Crippen molar-refractivity contribution in [3.05, 3.63) is 89.5 Å². The molecule has 8 nitrogen and oxygen atoms in total. The van der Waals surface area contributed by atoms with Crippen LogP contribution in [0.5, 0.6) is 5.75 Å². The molecule has 0 aromatic heterocycles. The summed E-state index contributed by atoms with van der Waals surface area (Å²) in [7, 11) is -2.12. The van der Waals surface area contributed by atoms with Crippen LogP contribution in [0.2, 0.25) is 0 Å². The molecule has 0 bridgehead atoms. The molecule has 1 aliphatic rings. The summed E-state index contributed by atoms with van der Waals surface area (Å²) in [6.45, 7) is 2.51. The van der Waals surface area contributed by atoms with Gasteiger partial charge in [-0.25, -0.2) is 8.42 Å². The Hall–Kier alpha value is -3.71. The second-order valence-corrected chi connectivity index (χ2v) is 10.1. The molecule has 9 heteroatoms. The molecular weight excluding hydrogens is 464 g/mol. The van der Waals surface area contributed by atoms with Crippen LogP contribution in [-0.2, 0) is 16.6 Å². The zero-order valence-electron chi connectivity index (χ0n) is 19.3. The van der Waals surface area contributed by atoms with Crippen molar-refractivity contribution < 1.29 is 17.9 Å². The highest BCUT2D eigenvalue weighted by Gasteiger charge is 2.30. The van der Waals surface area contributed by atoms with Crippen molar-refractivity contribution in [2.45, 2.75) is 11.4 Å². The van der Waals surface area contributed by atoms with Crippen LogP contribution >= 0.6 is 0 Å². The number of anilines is 1. The second-order valence-electron chi connectivity index (χ2n) is 8.17. The van der Waals surface area contributed by atoms with Gasteiger partial charge in [0.05, 0.1) is 17.6 Å². The minimum absolute atomic E-state index is 0.0551. The first-order valence-electron chi connectivity index (χ1n) is 11.2. The third-order valence-electron chi connectivity index (χ3n) is 5.93. The van der Waals surface area contributed by atoms with E-state index in [0.717, 1.165) is 11.3 Å². The zero-order chi connectivity index (χ0) is 24.8. The highest BCUT2D eigenvalue weighted by molar-refractivity contribution is 7.89. The second kappa shape index (κ2) is 10.7. The van der Waals surface area contributed by atoms with Gasteiger partial charge in [-0.3, -0.25) is 9.69 Å². The van der Waals surface area contributed by atoms with E-state index in [-0.39, 0.29) is 16.4 Å². The van der Waals surface area contributed by atoms with Gasteiger partial charge in [0, 0.05) is 44.0 Å². The minimum atomic E-state index is -3.71. The lowest BCUT2D eigenvalue weighted by molar-refractivity contribution is 0.102. The Balaban J connectivity index is 1.32. The molecule has 0 aliphatic carbocycles. The molecule has 1 N–H and O–H groups in total. The van der Waals surface area contributed by atoms with E-state index in [1.807, 2.05) is 18.2 Å². The molecule has 1 saturated heterocycles. The monoisotopic (exact) mass is 490 g/mol. The number of nitrogens with one attached hydrogen (secondary N) is 1. The number of ether oxygens (including phenoxy) is 1. The van der Waals surface area contributed by atoms with Crippen LogP contribution in [0.1, 0.15) is 21.5 Å². The van der Waals surface area contributed by atoms with Gasteiger partial charge < -0.3 is 10.1 Å². The molecule has 180 valence electrons. The number of nitriles is 1. The number of sulfonamides is 1. The first kappa shape index (κ1) is 24.4. The average molecular weight is 491 g/mol. The summed E-state index contributed by atoms with van der Waals surface area (Å²) >= 11 is 0. The van der Waals surface area contributed by atoms with Crippen molar-refractivity contribution in [2.24, 2.45) is 0 Å². The maximum atomic E-state index is 13.0. The molecule has 3 aromatic carbocycles. The number of amides is 1. The molecule has 0 saturated carbocycles. The molecule has 35 heavy (non-hydrogen) atoms. The summed E-state index contributed by atoms with van der Waals surface area (Å²) in [5.41, 5.74) is 2.44. The maximum absolute atomic E-state index is 13.0. The number of hydrogen-bond donors (Lipinski definition) is 1. The Bertz CT molecular complexity index is 1330. The first-order chi connectivity index (χ1) is 16.9. The van der Waals surface area contributed by atoms with Gasteiger partial charge in [0.25, 0.3) is 5.91 Å². The molecular formula is C26H26N4O4S. The van der Waals surface area contributed by atoms with Crippen LogP contribution in [0.4, 0.5) is 5.69 Å². The van der Waals surface area contributed by atoms with Crippen LogP contribution < -0.4 is 10.1 Å². The molecule has 4 rings (SSSR count). The number of benzene rings is 3. The van der Waals surface area contributed by atoms with Gasteiger partial charge in [0.1, 0.15) is 11.8 Å². The van der Waals surface area contributed by atoms with E-state index < -0.39 is 10.0 Å². The standard InChI is InChI=1S/C26H26N4O4S/c1-34-24-12-10-23(11-13-24)28-26(31)21-8-6-20(7-9-21)19-29-14-16-30(17-15-29)35(32,33)25-5-3-2-4-22(25)18-27/h2-13H,14-17,19H2,1H3,(H,28,31). The van der Waals surface area contributed by atoms with Crippen molar-refractivity contribution in [1.82, 2.24) is 9.21 Å². The van der Waals surface area contributed by atoms with Gasteiger partial charge in [-0.15, -0.1) is 0 Å². The molecule has 0 spiro atoms. The summed E-state index contributed by atoms with van der Waals surface area (Å²) in [6, 6.07) is 22.8. The predicted octanol–water partition coefficient (Wildman–Crippen LogP) is 3.33. The zero-order valence-corrected chi connectivity index (χ0v) is 20.2. The van der Waals surface area contributed by atoms with Gasteiger partial charge in [-0.1, -0.05) is 24.3 Å². The third-order valence-corrected chi connectivity index (χ3v) is 7.88. The van der Waals surface area contributed by atoms with E-state index >= 15 is 0 Å². The Morgan fingerprint density at radius 2 is 1.63 bits per heavy atom. The topological polar surface area (TPSA) is 103 Å². The Morgan fingerprint density at radius 3 is 2.26 bits per heavy atom. The fourth-order valence-electron chi connectivity index (χ4n) is 3.95. The number of methoxy groups -OCH3 is 1. The van der Waals surface area contributed by atoms with E-state index in [4.69, 9.17) is 4.74 Å². The summed E-state index contributed by atoms with van der Waals surface area (Å²) < 4.78 is 32.6. The van der Waals surface area contributed by atoms with Crippen LogP contribution in [0.3, 0.4) is 0 Å². The van der Waals surface area contributed by atoms with Crippen LogP contribution in [0, 0.1) is 11.3 Å². The van der Waals surface area contributed by atoms with E-state index in [9.17, 15) is 18.5 Å². The lowest BCUT2D eigenvalue weighted by atomic mass is 10.1. The van der Waals surface area contributed by atoms with Gasteiger partial charge in [-0.05, 0) is 54.1 Å². The molecule has 0 radical (unpaired) electrons. The lowest BCUT2D eigenvalue weighted by Gasteiger charge is -2.34. The minimum Gasteiger partial charge on any atom is -0.497 e. The third kappa shape index (κ3) is 5.69. The molecule has 0 unspecified atom stereocenters. The SMILES string of the molecule is COc1ccc(NC(=O)c2ccc(CN3CCN(S(=O)(=O)c4ccccc4C#N)CC3)cc2)cc1. The fraction of sp³-hybridized carbons (Fsp3) is 0.231. The van der Waals surface area contributed by atoms with Crippen LogP contribution in [0.25, 0.3) is 0 Å². The fourth-order valence-corrected chi connectivity index (χ4v) is 5.51. The van der Waals surface area contributed by atoms with E-state index in [0.29, 0.717) is 44.0 Å². The molecule has 0 atom stereocenters. The van der Waals surface area contributed by atoms with Crippen molar-refractivity contribution in [3.63, 3.8) is 0 Å². The Morgan fingerprint density at radius 1 is 0.971 bits per heavy atom. The van der Waals surface area contributed by atoms with Gasteiger partial charge in [0.15, 0.2) is 0 Å². The highest BCUT2D eigenvalue weighted by Crippen LogP contribution is 2.22.